The summed E-state index contributed by atoms with van der Waals surface area (Å²) in [5.74, 6) is -1.46. The van der Waals surface area contributed by atoms with E-state index in [1.807, 2.05) is 0 Å². The van der Waals surface area contributed by atoms with Crippen molar-refractivity contribution in [3.63, 3.8) is 0 Å². The van der Waals surface area contributed by atoms with Crippen molar-refractivity contribution < 1.29 is 27.2 Å². The predicted octanol–water partition coefficient (Wildman–Crippen LogP) is 3.08. The van der Waals surface area contributed by atoms with Crippen LogP contribution in [0.4, 0.5) is 17.6 Å². The smallest absolute Gasteiger partial charge is 0.389 e. The number of aryl methyl sites for hydroxylation is 1. The second-order valence-corrected chi connectivity index (χ2v) is 3.80. The third-order valence-corrected chi connectivity index (χ3v) is 2.28. The summed E-state index contributed by atoms with van der Waals surface area (Å²) in [6.45, 7) is 0. The average Bonchev–Trinajstić information content (AvgIpc) is 2.74. The summed E-state index contributed by atoms with van der Waals surface area (Å²) in [5, 5.41) is 12.4. The lowest BCUT2D eigenvalue weighted by Crippen LogP contribution is -2.09. The van der Waals surface area contributed by atoms with Crippen molar-refractivity contribution in [2.45, 2.75) is 19.0 Å². The Labute approximate surface area is 104 Å². The van der Waals surface area contributed by atoms with E-state index in [1.54, 1.807) is 0 Å². The zero-order valence-corrected chi connectivity index (χ0v) is 9.41. The first kappa shape index (κ1) is 13.3. The Kier molecular flexibility index (Phi) is 3.41. The summed E-state index contributed by atoms with van der Waals surface area (Å²) >= 11 is 0. The van der Waals surface area contributed by atoms with E-state index in [4.69, 9.17) is 5.11 Å². The minimum Gasteiger partial charge on any atom is -0.508 e. The minimum absolute atomic E-state index is 0.0800. The fraction of sp³-hybridized carbons (Fsp3) is 0.273. The highest BCUT2D eigenvalue weighted by Gasteiger charge is 2.27. The predicted molar refractivity (Wildman–Crippen MR) is 55.7 cm³/mol. The van der Waals surface area contributed by atoms with Gasteiger partial charge in [0, 0.05) is 12.5 Å². The minimum atomic E-state index is -4.31. The van der Waals surface area contributed by atoms with Crippen LogP contribution in [0.3, 0.4) is 0 Å². The number of nitrogens with zero attached hydrogens (tertiary/aromatic N) is 2. The number of aromatic nitrogens is 2. The molecule has 2 rings (SSSR count). The van der Waals surface area contributed by atoms with Gasteiger partial charge in [-0.05, 0) is 12.1 Å². The number of benzene rings is 1. The van der Waals surface area contributed by atoms with E-state index in [2.05, 4.69) is 14.7 Å². The molecule has 0 saturated heterocycles. The zero-order chi connectivity index (χ0) is 14.0. The van der Waals surface area contributed by atoms with Crippen molar-refractivity contribution in [2.75, 3.05) is 0 Å². The zero-order valence-electron chi connectivity index (χ0n) is 9.41. The van der Waals surface area contributed by atoms with E-state index in [9.17, 15) is 17.6 Å². The van der Waals surface area contributed by atoms with Crippen LogP contribution in [-0.2, 0) is 6.42 Å². The molecule has 0 bridgehead atoms. The van der Waals surface area contributed by atoms with Crippen molar-refractivity contribution in [2.24, 2.45) is 0 Å². The Balaban J connectivity index is 2.16. The Morgan fingerprint density at radius 1 is 1.26 bits per heavy atom. The molecule has 0 atom stereocenters. The maximum absolute atomic E-state index is 13.5. The molecule has 102 valence electrons. The van der Waals surface area contributed by atoms with Gasteiger partial charge in [-0.25, -0.2) is 4.39 Å². The van der Waals surface area contributed by atoms with Gasteiger partial charge in [0.1, 0.15) is 11.6 Å². The lowest BCUT2D eigenvalue weighted by Gasteiger charge is -2.01. The molecule has 8 heteroatoms. The van der Waals surface area contributed by atoms with Gasteiger partial charge >= 0.3 is 6.18 Å². The molecule has 0 unspecified atom stereocenters. The van der Waals surface area contributed by atoms with Crippen molar-refractivity contribution in [1.29, 1.82) is 0 Å². The van der Waals surface area contributed by atoms with E-state index in [1.165, 1.54) is 12.1 Å². The molecule has 0 amide bonds. The molecular weight excluding hydrogens is 268 g/mol. The molecule has 0 aliphatic carbocycles. The molecule has 0 aliphatic rings. The van der Waals surface area contributed by atoms with Gasteiger partial charge in [-0.3, -0.25) is 0 Å². The maximum atomic E-state index is 13.5. The Morgan fingerprint density at radius 3 is 2.63 bits per heavy atom. The largest absolute Gasteiger partial charge is 0.508 e. The van der Waals surface area contributed by atoms with Gasteiger partial charge in [-0.15, -0.1) is 0 Å². The van der Waals surface area contributed by atoms with Crippen LogP contribution in [0.1, 0.15) is 12.2 Å². The average molecular weight is 276 g/mol. The highest BCUT2D eigenvalue weighted by atomic mass is 19.4. The van der Waals surface area contributed by atoms with Gasteiger partial charge < -0.3 is 9.63 Å². The molecule has 1 heterocycles. The summed E-state index contributed by atoms with van der Waals surface area (Å²) in [7, 11) is 0. The maximum Gasteiger partial charge on any atom is 0.389 e. The van der Waals surface area contributed by atoms with Crippen LogP contribution in [-0.4, -0.2) is 21.4 Å². The molecule has 2 aromatic rings. The normalized spacial score (nSPS) is 11.8. The molecule has 1 aromatic heterocycles. The van der Waals surface area contributed by atoms with E-state index in [-0.39, 0.29) is 23.0 Å². The SMILES string of the molecule is Oc1ccc(-c2nc(CCC(F)(F)F)no2)c(F)c1. The number of rotatable bonds is 3. The fourth-order valence-corrected chi connectivity index (χ4v) is 1.40. The van der Waals surface area contributed by atoms with Crippen LogP contribution in [0.25, 0.3) is 11.5 Å². The van der Waals surface area contributed by atoms with E-state index in [0.29, 0.717) is 0 Å². The number of phenols is 1. The van der Waals surface area contributed by atoms with E-state index in [0.717, 1.165) is 6.07 Å². The van der Waals surface area contributed by atoms with Crippen LogP contribution in [0.15, 0.2) is 22.7 Å². The Bertz CT molecular complexity index is 580. The van der Waals surface area contributed by atoms with Crippen molar-refractivity contribution in [3.8, 4) is 17.2 Å². The van der Waals surface area contributed by atoms with Gasteiger partial charge in [0.2, 0.25) is 0 Å². The lowest BCUT2D eigenvalue weighted by atomic mass is 10.2. The number of hydrogen-bond acceptors (Lipinski definition) is 4. The van der Waals surface area contributed by atoms with Gasteiger partial charge in [0.25, 0.3) is 5.89 Å². The van der Waals surface area contributed by atoms with Crippen LogP contribution in [0.2, 0.25) is 0 Å². The van der Waals surface area contributed by atoms with Crippen LogP contribution in [0, 0.1) is 5.82 Å². The summed E-state index contributed by atoms with van der Waals surface area (Å²) in [4.78, 5) is 3.67. The number of hydrogen-bond donors (Lipinski definition) is 1. The third kappa shape index (κ3) is 3.43. The summed E-state index contributed by atoms with van der Waals surface area (Å²) in [5.41, 5.74) is -0.0800. The molecule has 1 N–H and O–H groups in total. The van der Waals surface area contributed by atoms with Gasteiger partial charge in [0.15, 0.2) is 5.82 Å². The Morgan fingerprint density at radius 2 is 2.00 bits per heavy atom. The van der Waals surface area contributed by atoms with Crippen molar-refractivity contribution >= 4 is 0 Å². The second kappa shape index (κ2) is 4.87. The first-order valence-corrected chi connectivity index (χ1v) is 5.23. The molecule has 0 fully saturated rings. The van der Waals surface area contributed by atoms with E-state index < -0.39 is 24.8 Å². The number of alkyl halides is 3. The summed E-state index contributed by atoms with van der Waals surface area (Å²) < 4.78 is 54.2. The highest BCUT2D eigenvalue weighted by molar-refractivity contribution is 5.55. The molecular formula is C11H8F4N2O2. The van der Waals surface area contributed by atoms with Gasteiger partial charge in [-0.1, -0.05) is 5.16 Å². The molecule has 1 aromatic carbocycles. The fourth-order valence-electron chi connectivity index (χ4n) is 1.40. The van der Waals surface area contributed by atoms with Crippen molar-refractivity contribution in [1.82, 2.24) is 10.1 Å². The first-order chi connectivity index (χ1) is 8.85. The van der Waals surface area contributed by atoms with Crippen molar-refractivity contribution in [3.05, 3.63) is 29.8 Å². The van der Waals surface area contributed by atoms with Gasteiger partial charge in [-0.2, -0.15) is 18.2 Å². The molecule has 0 aliphatic heterocycles. The Hall–Kier alpha value is -2.12. The molecule has 4 nitrogen and oxygen atoms in total. The monoisotopic (exact) mass is 276 g/mol. The van der Waals surface area contributed by atoms with E-state index >= 15 is 0 Å². The molecule has 0 spiro atoms. The number of phenolic OH excluding ortho intramolecular Hbond substituents is 1. The number of halogens is 4. The van der Waals surface area contributed by atoms with Crippen LogP contribution < -0.4 is 0 Å². The topological polar surface area (TPSA) is 59.2 Å². The summed E-state index contributed by atoms with van der Waals surface area (Å²) in [6.07, 6.45) is -5.83. The number of aromatic hydroxyl groups is 1. The summed E-state index contributed by atoms with van der Waals surface area (Å²) in [6, 6.07) is 3.25. The lowest BCUT2D eigenvalue weighted by molar-refractivity contribution is -0.134. The van der Waals surface area contributed by atoms with Crippen LogP contribution >= 0.6 is 0 Å². The second-order valence-electron chi connectivity index (χ2n) is 3.80. The molecule has 0 saturated carbocycles. The molecule has 0 radical (unpaired) electrons. The molecule has 19 heavy (non-hydrogen) atoms. The quantitative estimate of drug-likeness (QED) is 0.875. The standard InChI is InChI=1S/C11H8F4N2O2/c12-8-5-6(18)1-2-7(8)10-16-9(17-19-10)3-4-11(13,14)15/h1-2,5,18H,3-4H2. The highest BCUT2D eigenvalue weighted by Crippen LogP contribution is 2.25. The third-order valence-electron chi connectivity index (χ3n) is 2.28. The van der Waals surface area contributed by atoms with Gasteiger partial charge in [0.05, 0.1) is 12.0 Å². The van der Waals surface area contributed by atoms with Crippen LogP contribution in [0.5, 0.6) is 5.75 Å². The first-order valence-electron chi connectivity index (χ1n) is 5.23.